The molecule has 26 heavy (non-hydrogen) atoms. The molecule has 2 aromatic rings. The number of hydrogen-bond donors (Lipinski definition) is 1. The van der Waals surface area contributed by atoms with Crippen molar-refractivity contribution in [2.45, 2.75) is 0 Å². The molecule has 0 unspecified atom stereocenters. The van der Waals surface area contributed by atoms with Crippen LogP contribution in [0.2, 0.25) is 5.02 Å². The second kappa shape index (κ2) is 8.82. The number of carbonyl (C=O) groups is 1. The molecule has 1 aromatic carbocycles. The Morgan fingerprint density at radius 2 is 1.96 bits per heavy atom. The van der Waals surface area contributed by atoms with Crippen molar-refractivity contribution in [3.8, 4) is 0 Å². The van der Waals surface area contributed by atoms with Gasteiger partial charge in [-0.05, 0) is 18.2 Å². The quantitative estimate of drug-likeness (QED) is 0.780. The molecule has 0 atom stereocenters. The molecular weight excluding hydrogens is 354 g/mol. The molecule has 0 aliphatic carbocycles. The number of hydrogen-bond acceptors (Lipinski definition) is 6. The lowest BCUT2D eigenvalue weighted by Crippen LogP contribution is -2.48. The maximum absolute atomic E-state index is 12.6. The normalized spacial score (nSPS) is 14.4. The van der Waals surface area contributed by atoms with E-state index in [-0.39, 0.29) is 5.91 Å². The standard InChI is InChI=1S/C18H22ClN5O2/c1-26-10-5-20-18-21-12-14(13-22-18)17(25)24-8-6-23(7-9-24)16-4-2-3-15(19)11-16/h2-4,11-13H,5-10H2,1H3,(H,20,21,22). The van der Waals surface area contributed by atoms with Crippen LogP contribution >= 0.6 is 11.6 Å². The van der Waals surface area contributed by atoms with E-state index in [9.17, 15) is 4.79 Å². The number of nitrogens with one attached hydrogen (secondary N) is 1. The fourth-order valence-electron chi connectivity index (χ4n) is 2.82. The maximum atomic E-state index is 12.6. The summed E-state index contributed by atoms with van der Waals surface area (Å²) in [7, 11) is 1.64. The number of halogens is 1. The number of rotatable bonds is 6. The number of ether oxygens (including phenoxy) is 1. The first-order chi connectivity index (χ1) is 12.7. The number of aromatic nitrogens is 2. The van der Waals surface area contributed by atoms with Crippen LogP contribution in [-0.4, -0.2) is 67.2 Å². The van der Waals surface area contributed by atoms with E-state index in [4.69, 9.17) is 16.3 Å². The molecule has 1 N–H and O–H groups in total. The summed E-state index contributed by atoms with van der Waals surface area (Å²) in [5.74, 6) is 0.448. The molecule has 1 aliphatic rings. The van der Waals surface area contributed by atoms with Gasteiger partial charge in [0.05, 0.1) is 12.2 Å². The molecule has 3 rings (SSSR count). The van der Waals surface area contributed by atoms with Crippen LogP contribution in [0, 0.1) is 0 Å². The fourth-order valence-corrected chi connectivity index (χ4v) is 3.00. The van der Waals surface area contributed by atoms with Crippen LogP contribution in [0.15, 0.2) is 36.7 Å². The Morgan fingerprint density at radius 3 is 2.62 bits per heavy atom. The second-order valence-electron chi connectivity index (χ2n) is 5.97. The van der Waals surface area contributed by atoms with Gasteiger partial charge >= 0.3 is 0 Å². The average molecular weight is 376 g/mol. The van der Waals surface area contributed by atoms with E-state index in [2.05, 4.69) is 20.2 Å². The number of benzene rings is 1. The van der Waals surface area contributed by atoms with E-state index in [1.165, 1.54) is 0 Å². The van der Waals surface area contributed by atoms with Gasteiger partial charge in [-0.25, -0.2) is 9.97 Å². The van der Waals surface area contributed by atoms with Crippen LogP contribution in [-0.2, 0) is 4.74 Å². The number of amides is 1. The molecule has 1 fully saturated rings. The number of anilines is 2. The minimum atomic E-state index is -0.0424. The highest BCUT2D eigenvalue weighted by molar-refractivity contribution is 6.30. The van der Waals surface area contributed by atoms with E-state index < -0.39 is 0 Å². The molecule has 2 heterocycles. The van der Waals surface area contributed by atoms with Gasteiger partial charge < -0.3 is 19.9 Å². The first-order valence-corrected chi connectivity index (χ1v) is 8.90. The second-order valence-corrected chi connectivity index (χ2v) is 6.41. The lowest BCUT2D eigenvalue weighted by atomic mass is 10.2. The predicted octanol–water partition coefficient (Wildman–Crippen LogP) is 2.15. The third-order valence-electron chi connectivity index (χ3n) is 4.23. The maximum Gasteiger partial charge on any atom is 0.257 e. The van der Waals surface area contributed by atoms with Crippen LogP contribution in [0.4, 0.5) is 11.6 Å². The Bertz CT molecular complexity index is 733. The van der Waals surface area contributed by atoms with E-state index in [1.807, 2.05) is 29.2 Å². The Balaban J connectivity index is 1.54. The van der Waals surface area contributed by atoms with E-state index in [0.717, 1.165) is 23.8 Å². The summed E-state index contributed by atoms with van der Waals surface area (Å²) in [4.78, 5) is 25.1. The monoisotopic (exact) mass is 375 g/mol. The van der Waals surface area contributed by atoms with Crippen molar-refractivity contribution >= 4 is 29.1 Å². The Morgan fingerprint density at radius 1 is 1.23 bits per heavy atom. The van der Waals surface area contributed by atoms with Crippen molar-refractivity contribution in [2.24, 2.45) is 0 Å². The molecular formula is C18H22ClN5O2. The Kier molecular flexibility index (Phi) is 6.25. The molecule has 1 saturated heterocycles. The summed E-state index contributed by atoms with van der Waals surface area (Å²) in [6.07, 6.45) is 3.13. The number of methoxy groups -OCH3 is 1. The Hall–Kier alpha value is -2.38. The van der Waals surface area contributed by atoms with Crippen LogP contribution in [0.25, 0.3) is 0 Å². The fraction of sp³-hybridized carbons (Fsp3) is 0.389. The van der Waals surface area contributed by atoms with Crippen molar-refractivity contribution in [1.82, 2.24) is 14.9 Å². The minimum absolute atomic E-state index is 0.0424. The number of carbonyl (C=O) groups excluding carboxylic acids is 1. The molecule has 138 valence electrons. The molecule has 0 bridgehead atoms. The molecule has 1 aliphatic heterocycles. The van der Waals surface area contributed by atoms with Crippen molar-refractivity contribution < 1.29 is 9.53 Å². The first kappa shape index (κ1) is 18.4. The van der Waals surface area contributed by atoms with Gasteiger partial charge in [-0.15, -0.1) is 0 Å². The van der Waals surface area contributed by atoms with Gasteiger partial charge in [-0.2, -0.15) is 0 Å². The lowest BCUT2D eigenvalue weighted by Gasteiger charge is -2.36. The smallest absolute Gasteiger partial charge is 0.257 e. The molecule has 8 heteroatoms. The summed E-state index contributed by atoms with van der Waals surface area (Å²) in [6.45, 7) is 4.03. The summed E-state index contributed by atoms with van der Waals surface area (Å²) in [6, 6.07) is 7.78. The predicted molar refractivity (Wildman–Crippen MR) is 102 cm³/mol. The number of piperazine rings is 1. The minimum Gasteiger partial charge on any atom is -0.383 e. The molecule has 0 saturated carbocycles. The van der Waals surface area contributed by atoms with Gasteiger partial charge in [0, 0.05) is 62.9 Å². The molecule has 1 amide bonds. The van der Waals surface area contributed by atoms with E-state index in [1.54, 1.807) is 19.5 Å². The van der Waals surface area contributed by atoms with Crippen molar-refractivity contribution in [3.05, 3.63) is 47.2 Å². The van der Waals surface area contributed by atoms with E-state index in [0.29, 0.717) is 37.8 Å². The third kappa shape index (κ3) is 4.62. The highest BCUT2D eigenvalue weighted by Crippen LogP contribution is 2.21. The van der Waals surface area contributed by atoms with Gasteiger partial charge in [0.2, 0.25) is 5.95 Å². The summed E-state index contributed by atoms with van der Waals surface area (Å²) in [5, 5.41) is 3.75. The van der Waals surface area contributed by atoms with Crippen molar-refractivity contribution in [1.29, 1.82) is 0 Å². The zero-order valence-electron chi connectivity index (χ0n) is 14.7. The topological polar surface area (TPSA) is 70.6 Å². The van der Waals surface area contributed by atoms with Gasteiger partial charge in [0.15, 0.2) is 0 Å². The summed E-state index contributed by atoms with van der Waals surface area (Å²) < 4.78 is 4.96. The van der Waals surface area contributed by atoms with Crippen LogP contribution in [0.1, 0.15) is 10.4 Å². The first-order valence-electron chi connectivity index (χ1n) is 8.52. The largest absolute Gasteiger partial charge is 0.383 e. The van der Waals surface area contributed by atoms with Gasteiger partial charge in [0.25, 0.3) is 5.91 Å². The zero-order valence-corrected chi connectivity index (χ0v) is 15.4. The van der Waals surface area contributed by atoms with E-state index >= 15 is 0 Å². The van der Waals surface area contributed by atoms with Gasteiger partial charge in [0.1, 0.15) is 0 Å². The van der Waals surface area contributed by atoms with Crippen LogP contribution in [0.5, 0.6) is 0 Å². The SMILES string of the molecule is COCCNc1ncc(C(=O)N2CCN(c3cccc(Cl)c3)CC2)cn1. The Labute approximate surface area is 157 Å². The molecule has 0 spiro atoms. The lowest BCUT2D eigenvalue weighted by molar-refractivity contribution is 0.0746. The van der Waals surface area contributed by atoms with Gasteiger partial charge in [-0.3, -0.25) is 4.79 Å². The van der Waals surface area contributed by atoms with Crippen LogP contribution < -0.4 is 10.2 Å². The summed E-state index contributed by atoms with van der Waals surface area (Å²) in [5.41, 5.74) is 1.58. The van der Waals surface area contributed by atoms with Crippen LogP contribution in [0.3, 0.4) is 0 Å². The highest BCUT2D eigenvalue weighted by Gasteiger charge is 2.23. The highest BCUT2D eigenvalue weighted by atomic mass is 35.5. The van der Waals surface area contributed by atoms with Crippen molar-refractivity contribution in [2.75, 3.05) is 56.7 Å². The van der Waals surface area contributed by atoms with Crippen molar-refractivity contribution in [3.63, 3.8) is 0 Å². The number of nitrogens with zero attached hydrogens (tertiary/aromatic N) is 4. The summed E-state index contributed by atoms with van der Waals surface area (Å²) >= 11 is 6.06. The molecule has 0 radical (unpaired) electrons. The zero-order chi connectivity index (χ0) is 18.4. The molecule has 7 nitrogen and oxygen atoms in total. The molecule has 1 aromatic heterocycles. The average Bonchev–Trinajstić information content (AvgIpc) is 2.68. The van der Waals surface area contributed by atoms with Gasteiger partial charge in [-0.1, -0.05) is 17.7 Å². The third-order valence-corrected chi connectivity index (χ3v) is 4.46.